The molecule has 1 saturated carbocycles. The monoisotopic (exact) mass is 354 g/mol. The molecule has 3 nitrogen and oxygen atoms in total. The fourth-order valence-corrected chi connectivity index (χ4v) is 3.11. The first-order chi connectivity index (χ1) is 9.40. The van der Waals surface area contributed by atoms with Crippen LogP contribution in [0, 0.1) is 5.92 Å². The Morgan fingerprint density at radius 1 is 1.05 bits per heavy atom. The SMILES string of the molecule is CC1CCC(NC(=O)c2nc(Cl)c(Cl)c(Cl)c2Cl)CC1. The van der Waals surface area contributed by atoms with Crippen LogP contribution in [-0.2, 0) is 0 Å². The third-order valence-corrected chi connectivity index (χ3v) is 5.23. The van der Waals surface area contributed by atoms with E-state index in [1.165, 1.54) is 0 Å². The van der Waals surface area contributed by atoms with Crippen molar-refractivity contribution in [3.8, 4) is 0 Å². The highest BCUT2D eigenvalue weighted by Crippen LogP contribution is 2.36. The molecule has 0 aliphatic heterocycles. The molecule has 7 heteroatoms. The van der Waals surface area contributed by atoms with Crippen LogP contribution in [0.2, 0.25) is 20.2 Å². The molecule has 1 aromatic rings. The smallest absolute Gasteiger partial charge is 0.271 e. The van der Waals surface area contributed by atoms with Crippen LogP contribution in [0.25, 0.3) is 0 Å². The van der Waals surface area contributed by atoms with Crippen LogP contribution in [0.15, 0.2) is 0 Å². The lowest BCUT2D eigenvalue weighted by molar-refractivity contribution is 0.0918. The van der Waals surface area contributed by atoms with Gasteiger partial charge in [0.25, 0.3) is 5.91 Å². The summed E-state index contributed by atoms with van der Waals surface area (Å²) in [6, 6.07) is 0.143. The van der Waals surface area contributed by atoms with Crippen molar-refractivity contribution in [3.63, 3.8) is 0 Å². The average Bonchev–Trinajstić information content (AvgIpc) is 2.43. The van der Waals surface area contributed by atoms with Gasteiger partial charge in [-0.25, -0.2) is 4.98 Å². The molecule has 1 aliphatic carbocycles. The van der Waals surface area contributed by atoms with Gasteiger partial charge in [-0.3, -0.25) is 4.79 Å². The van der Waals surface area contributed by atoms with E-state index in [0.717, 1.165) is 25.7 Å². The summed E-state index contributed by atoms with van der Waals surface area (Å²) in [5, 5.41) is 3.04. The molecule has 1 heterocycles. The molecule has 0 aromatic carbocycles. The number of carbonyl (C=O) groups excluding carboxylic acids is 1. The van der Waals surface area contributed by atoms with Gasteiger partial charge < -0.3 is 5.32 Å². The van der Waals surface area contributed by atoms with Gasteiger partial charge in [0.05, 0.1) is 15.1 Å². The van der Waals surface area contributed by atoms with Gasteiger partial charge >= 0.3 is 0 Å². The number of nitrogens with zero attached hydrogens (tertiary/aromatic N) is 1. The second-order valence-electron chi connectivity index (χ2n) is 5.12. The maximum atomic E-state index is 12.2. The van der Waals surface area contributed by atoms with E-state index in [0.29, 0.717) is 5.92 Å². The average molecular weight is 356 g/mol. The van der Waals surface area contributed by atoms with Gasteiger partial charge in [-0.2, -0.15) is 0 Å². The number of hydrogen-bond donors (Lipinski definition) is 1. The summed E-state index contributed by atoms with van der Waals surface area (Å²) in [6.07, 6.45) is 4.13. The van der Waals surface area contributed by atoms with E-state index in [-0.39, 0.29) is 37.9 Å². The first-order valence-electron chi connectivity index (χ1n) is 6.41. The molecule has 110 valence electrons. The molecule has 0 saturated heterocycles. The minimum Gasteiger partial charge on any atom is -0.348 e. The van der Waals surface area contributed by atoms with Gasteiger partial charge in [0.15, 0.2) is 0 Å². The maximum Gasteiger partial charge on any atom is 0.271 e. The van der Waals surface area contributed by atoms with Gasteiger partial charge in [0.2, 0.25) is 0 Å². The summed E-state index contributed by atoms with van der Waals surface area (Å²) >= 11 is 23.6. The summed E-state index contributed by atoms with van der Waals surface area (Å²) in [7, 11) is 0. The summed E-state index contributed by atoms with van der Waals surface area (Å²) in [6.45, 7) is 2.22. The number of rotatable bonds is 2. The molecule has 1 fully saturated rings. The highest BCUT2D eigenvalue weighted by atomic mass is 35.5. The number of halogens is 4. The molecule has 0 radical (unpaired) electrons. The summed E-state index contributed by atoms with van der Waals surface area (Å²) in [4.78, 5) is 16.1. The largest absolute Gasteiger partial charge is 0.348 e. The van der Waals surface area contributed by atoms with Crippen LogP contribution in [-0.4, -0.2) is 16.9 Å². The van der Waals surface area contributed by atoms with Crippen LogP contribution in [0.5, 0.6) is 0 Å². The number of nitrogens with one attached hydrogen (secondary N) is 1. The molecule has 1 aliphatic rings. The first-order valence-corrected chi connectivity index (χ1v) is 7.92. The number of hydrogen-bond acceptors (Lipinski definition) is 2. The molecular weight excluding hydrogens is 342 g/mol. The molecule has 0 spiro atoms. The van der Waals surface area contributed by atoms with E-state index in [4.69, 9.17) is 46.4 Å². The zero-order valence-electron chi connectivity index (χ0n) is 10.9. The first kappa shape index (κ1) is 16.2. The Kier molecular flexibility index (Phi) is 5.41. The summed E-state index contributed by atoms with van der Waals surface area (Å²) in [5.74, 6) is 0.347. The van der Waals surface area contributed by atoms with Crippen LogP contribution >= 0.6 is 46.4 Å². The van der Waals surface area contributed by atoms with Crippen molar-refractivity contribution in [2.24, 2.45) is 5.92 Å². The Morgan fingerprint density at radius 3 is 2.25 bits per heavy atom. The number of carbonyl (C=O) groups is 1. The standard InChI is InChI=1S/C13H14Cl4N2O/c1-6-2-4-7(5-3-6)18-13(20)11-9(15)8(14)10(16)12(17)19-11/h6-7H,2-5H2,1H3,(H,18,20). The van der Waals surface area contributed by atoms with Crippen LogP contribution < -0.4 is 5.32 Å². The molecule has 1 amide bonds. The van der Waals surface area contributed by atoms with Crippen molar-refractivity contribution in [1.29, 1.82) is 0 Å². The van der Waals surface area contributed by atoms with Gasteiger partial charge in [0, 0.05) is 6.04 Å². The summed E-state index contributed by atoms with van der Waals surface area (Å²) < 4.78 is 0. The van der Waals surface area contributed by atoms with Crippen LogP contribution in [0.3, 0.4) is 0 Å². The lowest BCUT2D eigenvalue weighted by Gasteiger charge is -2.26. The van der Waals surface area contributed by atoms with Gasteiger partial charge in [-0.05, 0) is 31.6 Å². The van der Waals surface area contributed by atoms with E-state index >= 15 is 0 Å². The van der Waals surface area contributed by atoms with Gasteiger partial charge in [-0.1, -0.05) is 53.3 Å². The van der Waals surface area contributed by atoms with Crippen molar-refractivity contribution in [3.05, 3.63) is 25.9 Å². The van der Waals surface area contributed by atoms with E-state index < -0.39 is 0 Å². The predicted molar refractivity (Wildman–Crippen MR) is 83.2 cm³/mol. The van der Waals surface area contributed by atoms with Crippen molar-refractivity contribution >= 4 is 52.3 Å². The van der Waals surface area contributed by atoms with E-state index in [1.807, 2.05) is 0 Å². The lowest BCUT2D eigenvalue weighted by Crippen LogP contribution is -2.37. The van der Waals surface area contributed by atoms with Gasteiger partial charge in [-0.15, -0.1) is 0 Å². The fourth-order valence-electron chi connectivity index (χ4n) is 2.30. The highest BCUT2D eigenvalue weighted by Gasteiger charge is 2.24. The fraction of sp³-hybridized carbons (Fsp3) is 0.538. The minimum absolute atomic E-state index is 0.0182. The molecule has 1 aromatic heterocycles. The van der Waals surface area contributed by atoms with E-state index in [2.05, 4.69) is 17.2 Å². The van der Waals surface area contributed by atoms with Crippen molar-refractivity contribution in [1.82, 2.24) is 10.3 Å². The van der Waals surface area contributed by atoms with E-state index in [9.17, 15) is 4.79 Å². The Bertz CT molecular complexity index is 528. The Morgan fingerprint density at radius 2 is 1.65 bits per heavy atom. The van der Waals surface area contributed by atoms with Crippen molar-refractivity contribution < 1.29 is 4.79 Å². The number of amides is 1. The lowest BCUT2D eigenvalue weighted by atomic mass is 9.87. The van der Waals surface area contributed by atoms with Crippen molar-refractivity contribution in [2.45, 2.75) is 38.6 Å². The zero-order valence-corrected chi connectivity index (χ0v) is 13.9. The molecule has 1 N–H and O–H groups in total. The number of aromatic nitrogens is 1. The zero-order chi connectivity index (χ0) is 14.9. The topological polar surface area (TPSA) is 42.0 Å². The molecule has 0 atom stereocenters. The molecule has 0 unspecified atom stereocenters. The van der Waals surface area contributed by atoms with Crippen molar-refractivity contribution in [2.75, 3.05) is 0 Å². The predicted octanol–water partition coefficient (Wildman–Crippen LogP) is 5.00. The third-order valence-electron chi connectivity index (χ3n) is 3.55. The second-order valence-corrected chi connectivity index (χ2v) is 6.62. The molecule has 2 rings (SSSR count). The van der Waals surface area contributed by atoms with Crippen LogP contribution in [0.4, 0.5) is 0 Å². The Balaban J connectivity index is 2.14. The molecule has 0 bridgehead atoms. The number of pyridine rings is 1. The Labute approximate surface area is 137 Å². The molecular formula is C13H14Cl4N2O. The minimum atomic E-state index is -0.366. The Hall–Kier alpha value is -0.220. The van der Waals surface area contributed by atoms with Crippen LogP contribution in [0.1, 0.15) is 43.1 Å². The quantitative estimate of drug-likeness (QED) is 0.758. The van der Waals surface area contributed by atoms with E-state index in [1.54, 1.807) is 0 Å². The molecule has 20 heavy (non-hydrogen) atoms. The normalized spacial score (nSPS) is 22.6. The third kappa shape index (κ3) is 3.51. The van der Waals surface area contributed by atoms with Gasteiger partial charge in [0.1, 0.15) is 10.8 Å². The summed E-state index contributed by atoms with van der Waals surface area (Å²) in [5.41, 5.74) is 0.0182. The highest BCUT2D eigenvalue weighted by molar-refractivity contribution is 6.52. The maximum absolute atomic E-state index is 12.2. The second kappa shape index (κ2) is 6.69.